The van der Waals surface area contributed by atoms with E-state index in [9.17, 15) is 4.79 Å². The third kappa shape index (κ3) is 3.15. The molecule has 5 heteroatoms. The Kier molecular flexibility index (Phi) is 3.94. The molecule has 15 heavy (non-hydrogen) atoms. The minimum atomic E-state index is 0.196. The molecule has 0 aromatic rings. The van der Waals surface area contributed by atoms with E-state index >= 15 is 0 Å². The molecule has 2 aliphatic rings. The Morgan fingerprint density at radius 2 is 2.13 bits per heavy atom. The van der Waals surface area contributed by atoms with Gasteiger partial charge < -0.3 is 15.4 Å². The molecule has 2 N–H and O–H groups in total. The number of hydrogen-bond donors (Lipinski definition) is 2. The number of carbonyl (C=O) groups excluding carboxylic acids is 1. The van der Waals surface area contributed by atoms with Crippen molar-refractivity contribution in [1.82, 2.24) is 15.5 Å². The predicted molar refractivity (Wildman–Crippen MR) is 56.6 cm³/mol. The molecule has 2 fully saturated rings. The van der Waals surface area contributed by atoms with Gasteiger partial charge in [-0.3, -0.25) is 9.69 Å². The second kappa shape index (κ2) is 5.44. The Labute approximate surface area is 90.1 Å². The van der Waals surface area contributed by atoms with E-state index in [1.54, 1.807) is 0 Å². The van der Waals surface area contributed by atoms with Crippen LogP contribution < -0.4 is 10.6 Å². The number of ether oxygens (including phenoxy) is 1. The van der Waals surface area contributed by atoms with Gasteiger partial charge in [0.1, 0.15) is 0 Å². The van der Waals surface area contributed by atoms with Crippen molar-refractivity contribution in [2.75, 3.05) is 52.5 Å². The maximum atomic E-state index is 11.5. The van der Waals surface area contributed by atoms with E-state index < -0.39 is 0 Å². The normalized spacial score (nSPS) is 23.5. The van der Waals surface area contributed by atoms with Crippen LogP contribution in [0.3, 0.4) is 0 Å². The zero-order valence-electron chi connectivity index (χ0n) is 9.00. The molecule has 0 aliphatic carbocycles. The molecular weight excluding hydrogens is 194 g/mol. The fourth-order valence-corrected chi connectivity index (χ4v) is 1.78. The summed E-state index contributed by atoms with van der Waals surface area (Å²) in [5, 5.41) is 6.06. The lowest BCUT2D eigenvalue weighted by Gasteiger charge is -2.28. The van der Waals surface area contributed by atoms with Crippen molar-refractivity contribution in [2.45, 2.75) is 0 Å². The zero-order chi connectivity index (χ0) is 10.5. The topological polar surface area (TPSA) is 53.6 Å². The zero-order valence-corrected chi connectivity index (χ0v) is 9.00. The van der Waals surface area contributed by atoms with E-state index in [0.29, 0.717) is 0 Å². The van der Waals surface area contributed by atoms with E-state index in [4.69, 9.17) is 4.74 Å². The van der Waals surface area contributed by atoms with Crippen LogP contribution in [0.1, 0.15) is 0 Å². The van der Waals surface area contributed by atoms with E-state index in [0.717, 1.165) is 52.5 Å². The Balaban J connectivity index is 1.55. The molecular formula is C10H19N3O2. The fourth-order valence-electron chi connectivity index (χ4n) is 1.78. The molecule has 2 saturated heterocycles. The quantitative estimate of drug-likeness (QED) is 0.606. The van der Waals surface area contributed by atoms with Crippen LogP contribution in [0.25, 0.3) is 0 Å². The van der Waals surface area contributed by atoms with Crippen molar-refractivity contribution in [1.29, 1.82) is 0 Å². The second-order valence-electron chi connectivity index (χ2n) is 4.10. The molecule has 5 nitrogen and oxygen atoms in total. The number of nitrogens with one attached hydrogen (secondary N) is 2. The summed E-state index contributed by atoms with van der Waals surface area (Å²) in [5.74, 6) is 0.400. The largest absolute Gasteiger partial charge is 0.379 e. The molecule has 2 rings (SSSR count). The van der Waals surface area contributed by atoms with E-state index in [2.05, 4.69) is 15.5 Å². The molecule has 0 aromatic heterocycles. The highest BCUT2D eigenvalue weighted by Crippen LogP contribution is 2.01. The first-order valence-electron chi connectivity index (χ1n) is 5.65. The lowest BCUT2D eigenvalue weighted by Crippen LogP contribution is -2.52. The average Bonchev–Trinajstić information content (AvgIpc) is 2.16. The molecule has 2 aliphatic heterocycles. The second-order valence-corrected chi connectivity index (χ2v) is 4.10. The third-order valence-corrected chi connectivity index (χ3v) is 2.98. The lowest BCUT2D eigenvalue weighted by molar-refractivity contribution is -0.126. The number of rotatable bonds is 4. The van der Waals surface area contributed by atoms with Gasteiger partial charge in [0.2, 0.25) is 5.91 Å². The third-order valence-electron chi connectivity index (χ3n) is 2.98. The minimum Gasteiger partial charge on any atom is -0.379 e. The summed E-state index contributed by atoms with van der Waals surface area (Å²) in [4.78, 5) is 13.8. The van der Waals surface area contributed by atoms with Gasteiger partial charge >= 0.3 is 0 Å². The Morgan fingerprint density at radius 1 is 1.40 bits per heavy atom. The molecule has 0 spiro atoms. The van der Waals surface area contributed by atoms with Crippen LogP contribution in [0.2, 0.25) is 0 Å². The van der Waals surface area contributed by atoms with Gasteiger partial charge in [-0.05, 0) is 0 Å². The van der Waals surface area contributed by atoms with Gasteiger partial charge in [0, 0.05) is 39.3 Å². The number of carbonyl (C=O) groups is 1. The SMILES string of the molecule is O=C(NCCN1CCOCC1)C1CNC1. The number of morpholine rings is 1. The number of amides is 1. The van der Waals surface area contributed by atoms with Gasteiger partial charge in [-0.1, -0.05) is 0 Å². The fraction of sp³-hybridized carbons (Fsp3) is 0.900. The van der Waals surface area contributed by atoms with Crippen molar-refractivity contribution in [3.05, 3.63) is 0 Å². The van der Waals surface area contributed by atoms with Crippen LogP contribution in [0, 0.1) is 5.92 Å². The molecule has 0 saturated carbocycles. The molecule has 2 heterocycles. The van der Waals surface area contributed by atoms with Crippen LogP contribution in [0.5, 0.6) is 0 Å². The molecule has 0 unspecified atom stereocenters. The van der Waals surface area contributed by atoms with Gasteiger partial charge in [0.25, 0.3) is 0 Å². The molecule has 0 bridgehead atoms. The van der Waals surface area contributed by atoms with Crippen LogP contribution in [-0.4, -0.2) is 63.3 Å². The first-order chi connectivity index (χ1) is 7.36. The van der Waals surface area contributed by atoms with Crippen molar-refractivity contribution in [2.24, 2.45) is 5.92 Å². The summed E-state index contributed by atoms with van der Waals surface area (Å²) in [6.45, 7) is 6.99. The minimum absolute atomic E-state index is 0.196. The molecule has 0 atom stereocenters. The van der Waals surface area contributed by atoms with Crippen LogP contribution in [-0.2, 0) is 9.53 Å². The monoisotopic (exact) mass is 213 g/mol. The van der Waals surface area contributed by atoms with Crippen LogP contribution in [0.4, 0.5) is 0 Å². The molecule has 0 radical (unpaired) electrons. The predicted octanol–water partition coefficient (Wildman–Crippen LogP) is -1.35. The smallest absolute Gasteiger partial charge is 0.225 e. The summed E-state index contributed by atoms with van der Waals surface area (Å²) >= 11 is 0. The van der Waals surface area contributed by atoms with Gasteiger partial charge in [-0.2, -0.15) is 0 Å². The number of hydrogen-bond acceptors (Lipinski definition) is 4. The Morgan fingerprint density at radius 3 is 2.73 bits per heavy atom. The highest BCUT2D eigenvalue weighted by Gasteiger charge is 2.24. The highest BCUT2D eigenvalue weighted by atomic mass is 16.5. The number of nitrogens with zero attached hydrogens (tertiary/aromatic N) is 1. The molecule has 0 aromatic carbocycles. The van der Waals surface area contributed by atoms with Gasteiger partial charge in [-0.25, -0.2) is 0 Å². The maximum Gasteiger partial charge on any atom is 0.225 e. The van der Waals surface area contributed by atoms with Crippen molar-refractivity contribution in [3.8, 4) is 0 Å². The highest BCUT2D eigenvalue weighted by molar-refractivity contribution is 5.79. The van der Waals surface area contributed by atoms with Crippen molar-refractivity contribution in [3.63, 3.8) is 0 Å². The first kappa shape index (κ1) is 10.9. The Hall–Kier alpha value is -0.650. The van der Waals surface area contributed by atoms with Crippen LogP contribution in [0.15, 0.2) is 0 Å². The summed E-state index contributed by atoms with van der Waals surface area (Å²) in [5.41, 5.74) is 0. The van der Waals surface area contributed by atoms with Gasteiger partial charge in [0.15, 0.2) is 0 Å². The standard InChI is InChI=1S/C10H19N3O2/c14-10(9-7-11-8-9)12-1-2-13-3-5-15-6-4-13/h9,11H,1-8H2,(H,12,14). The molecule has 1 amide bonds. The van der Waals surface area contributed by atoms with E-state index in [1.807, 2.05) is 0 Å². The van der Waals surface area contributed by atoms with Crippen molar-refractivity contribution < 1.29 is 9.53 Å². The van der Waals surface area contributed by atoms with Crippen LogP contribution >= 0.6 is 0 Å². The molecule has 86 valence electrons. The van der Waals surface area contributed by atoms with E-state index in [-0.39, 0.29) is 11.8 Å². The maximum absolute atomic E-state index is 11.5. The van der Waals surface area contributed by atoms with Gasteiger partial charge in [-0.15, -0.1) is 0 Å². The van der Waals surface area contributed by atoms with E-state index in [1.165, 1.54) is 0 Å². The summed E-state index contributed by atoms with van der Waals surface area (Å²) in [6, 6.07) is 0. The van der Waals surface area contributed by atoms with Gasteiger partial charge in [0.05, 0.1) is 19.1 Å². The lowest BCUT2D eigenvalue weighted by atomic mass is 10.0. The average molecular weight is 213 g/mol. The summed E-state index contributed by atoms with van der Waals surface area (Å²) < 4.78 is 5.25. The first-order valence-corrected chi connectivity index (χ1v) is 5.65. The summed E-state index contributed by atoms with van der Waals surface area (Å²) in [7, 11) is 0. The summed E-state index contributed by atoms with van der Waals surface area (Å²) in [6.07, 6.45) is 0. The Bertz CT molecular complexity index is 213. The van der Waals surface area contributed by atoms with Crippen molar-refractivity contribution >= 4 is 5.91 Å².